The van der Waals surface area contributed by atoms with E-state index >= 15 is 0 Å². The summed E-state index contributed by atoms with van der Waals surface area (Å²) in [7, 11) is 2.91. The summed E-state index contributed by atoms with van der Waals surface area (Å²) in [6.07, 6.45) is -4.65. The van der Waals surface area contributed by atoms with E-state index in [1.807, 2.05) is 0 Å². The first-order chi connectivity index (χ1) is 17.1. The Morgan fingerprint density at radius 1 is 0.917 bits per heavy atom. The number of thioether (sulfide) groups is 1. The largest absolute Gasteiger partial charge is 0.497 e. The monoisotopic (exact) mass is 534 g/mol. The van der Waals surface area contributed by atoms with Crippen molar-refractivity contribution in [2.75, 3.05) is 24.4 Å². The molecular formula is C25H18ClF3N2O4S. The molecule has 3 aromatic carbocycles. The van der Waals surface area contributed by atoms with Gasteiger partial charge in [0.1, 0.15) is 22.1 Å². The number of nitrogens with zero attached hydrogens (tertiary/aromatic N) is 1. The van der Waals surface area contributed by atoms with Crippen LogP contribution in [0.25, 0.3) is 0 Å². The fourth-order valence-electron chi connectivity index (χ4n) is 3.43. The molecule has 1 heterocycles. The SMILES string of the molecule is COc1ccc(NC2=C(Sc3ccc(Cl)cc3)C(=O)N(c3cccc(C(F)(F)F)c3)C2=O)c(OC)c1. The lowest BCUT2D eigenvalue weighted by atomic mass is 10.2. The Hall–Kier alpha value is -3.63. The van der Waals surface area contributed by atoms with Crippen LogP contribution in [0.1, 0.15) is 5.56 Å². The van der Waals surface area contributed by atoms with E-state index in [4.69, 9.17) is 21.1 Å². The first-order valence-corrected chi connectivity index (χ1v) is 11.5. The number of nitrogens with one attached hydrogen (secondary N) is 1. The van der Waals surface area contributed by atoms with Gasteiger partial charge in [-0.2, -0.15) is 13.2 Å². The molecule has 1 aliphatic rings. The van der Waals surface area contributed by atoms with Gasteiger partial charge < -0.3 is 14.8 Å². The third-order valence-corrected chi connectivity index (χ3v) is 6.52. The molecule has 1 N–H and O–H groups in total. The smallest absolute Gasteiger partial charge is 0.416 e. The molecule has 11 heteroatoms. The average molecular weight is 535 g/mol. The summed E-state index contributed by atoms with van der Waals surface area (Å²) in [5.41, 5.74) is -0.936. The molecule has 0 saturated carbocycles. The first-order valence-electron chi connectivity index (χ1n) is 10.3. The fraction of sp³-hybridized carbons (Fsp3) is 0.120. The molecule has 186 valence electrons. The molecule has 0 saturated heterocycles. The lowest BCUT2D eigenvalue weighted by molar-refractivity contribution is -0.137. The topological polar surface area (TPSA) is 67.9 Å². The van der Waals surface area contributed by atoms with Crippen LogP contribution in [0.15, 0.2) is 82.2 Å². The standard InChI is InChI=1S/C25H18ClF3N2O4S/c1-34-17-8-11-19(20(13-17)35-2)30-21-22(36-18-9-6-15(26)7-10-18)24(33)31(23(21)32)16-5-3-4-14(12-16)25(27,28)29/h3-13,30H,1-2H3. The van der Waals surface area contributed by atoms with Crippen molar-refractivity contribution in [2.24, 2.45) is 0 Å². The second kappa shape index (κ2) is 10.2. The zero-order valence-electron chi connectivity index (χ0n) is 18.9. The summed E-state index contributed by atoms with van der Waals surface area (Å²) in [6.45, 7) is 0. The number of hydrogen-bond acceptors (Lipinski definition) is 6. The van der Waals surface area contributed by atoms with E-state index in [0.29, 0.717) is 32.0 Å². The number of anilines is 2. The summed E-state index contributed by atoms with van der Waals surface area (Å²) in [5, 5.41) is 3.42. The van der Waals surface area contributed by atoms with Crippen LogP contribution >= 0.6 is 23.4 Å². The number of methoxy groups -OCH3 is 2. The van der Waals surface area contributed by atoms with Gasteiger partial charge >= 0.3 is 6.18 Å². The number of amides is 2. The van der Waals surface area contributed by atoms with Crippen molar-refractivity contribution in [2.45, 2.75) is 11.1 Å². The normalized spacial score (nSPS) is 13.9. The molecule has 0 bridgehead atoms. The zero-order valence-corrected chi connectivity index (χ0v) is 20.4. The molecule has 0 fully saturated rings. The van der Waals surface area contributed by atoms with Crippen LogP contribution in [-0.4, -0.2) is 26.0 Å². The second-order valence-corrected chi connectivity index (χ2v) is 8.97. The number of imide groups is 1. The summed E-state index contributed by atoms with van der Waals surface area (Å²) >= 11 is 6.94. The number of hydrogen-bond donors (Lipinski definition) is 1. The van der Waals surface area contributed by atoms with E-state index in [9.17, 15) is 22.8 Å². The Balaban J connectivity index is 1.78. The highest BCUT2D eigenvalue weighted by Gasteiger charge is 2.41. The van der Waals surface area contributed by atoms with Crippen molar-refractivity contribution in [1.29, 1.82) is 0 Å². The van der Waals surface area contributed by atoms with Crippen molar-refractivity contribution in [3.63, 3.8) is 0 Å². The van der Waals surface area contributed by atoms with Crippen LogP contribution < -0.4 is 19.7 Å². The molecule has 0 spiro atoms. The minimum absolute atomic E-state index is 0.00222. The predicted molar refractivity (Wildman–Crippen MR) is 131 cm³/mol. The van der Waals surface area contributed by atoms with E-state index in [1.54, 1.807) is 42.5 Å². The lowest BCUT2D eigenvalue weighted by Crippen LogP contribution is -2.32. The van der Waals surface area contributed by atoms with Crippen LogP contribution in [0.5, 0.6) is 11.5 Å². The van der Waals surface area contributed by atoms with Crippen molar-refractivity contribution in [3.8, 4) is 11.5 Å². The summed E-state index contributed by atoms with van der Waals surface area (Å²) in [6, 6.07) is 15.4. The maximum absolute atomic E-state index is 13.5. The molecule has 0 atom stereocenters. The van der Waals surface area contributed by atoms with Crippen molar-refractivity contribution in [1.82, 2.24) is 0 Å². The van der Waals surface area contributed by atoms with Crippen LogP contribution in [0.2, 0.25) is 5.02 Å². The van der Waals surface area contributed by atoms with Gasteiger partial charge in [-0.1, -0.05) is 29.4 Å². The minimum atomic E-state index is -4.65. The lowest BCUT2D eigenvalue weighted by Gasteiger charge is -2.17. The van der Waals surface area contributed by atoms with E-state index < -0.39 is 23.6 Å². The Morgan fingerprint density at radius 3 is 2.28 bits per heavy atom. The Morgan fingerprint density at radius 2 is 1.64 bits per heavy atom. The number of alkyl halides is 3. The maximum Gasteiger partial charge on any atom is 0.416 e. The van der Waals surface area contributed by atoms with Gasteiger partial charge in [0.15, 0.2) is 0 Å². The van der Waals surface area contributed by atoms with Crippen molar-refractivity contribution < 1.29 is 32.2 Å². The van der Waals surface area contributed by atoms with Crippen molar-refractivity contribution >= 4 is 46.6 Å². The van der Waals surface area contributed by atoms with Gasteiger partial charge in [0.25, 0.3) is 11.8 Å². The van der Waals surface area contributed by atoms with Gasteiger partial charge in [0.05, 0.1) is 31.2 Å². The third kappa shape index (κ3) is 5.14. The van der Waals surface area contributed by atoms with E-state index in [0.717, 1.165) is 30.0 Å². The van der Waals surface area contributed by atoms with Crippen LogP contribution in [0.3, 0.4) is 0 Å². The van der Waals surface area contributed by atoms with Gasteiger partial charge in [0, 0.05) is 16.0 Å². The highest BCUT2D eigenvalue weighted by Crippen LogP contribution is 2.41. The highest BCUT2D eigenvalue weighted by atomic mass is 35.5. The number of rotatable bonds is 7. The second-order valence-electron chi connectivity index (χ2n) is 7.45. The first kappa shape index (κ1) is 25.5. The van der Waals surface area contributed by atoms with Gasteiger partial charge in [-0.15, -0.1) is 0 Å². The number of benzene rings is 3. The molecule has 0 radical (unpaired) electrons. The zero-order chi connectivity index (χ0) is 26.0. The molecule has 4 rings (SSSR count). The molecule has 0 aromatic heterocycles. The van der Waals surface area contributed by atoms with Crippen LogP contribution in [0.4, 0.5) is 24.5 Å². The quantitative estimate of drug-likeness (QED) is 0.356. The summed E-state index contributed by atoms with van der Waals surface area (Å²) in [5.74, 6) is -0.750. The Labute approximate surface area is 213 Å². The van der Waals surface area contributed by atoms with Crippen LogP contribution in [0, 0.1) is 0 Å². The molecule has 36 heavy (non-hydrogen) atoms. The predicted octanol–water partition coefficient (Wildman–Crippen LogP) is 6.37. The van der Waals surface area contributed by atoms with Crippen molar-refractivity contribution in [3.05, 3.63) is 87.9 Å². The van der Waals surface area contributed by atoms with Gasteiger partial charge in [0.2, 0.25) is 0 Å². The number of carbonyl (C=O) groups is 2. The van der Waals surface area contributed by atoms with Gasteiger partial charge in [-0.25, -0.2) is 4.90 Å². The number of halogens is 4. The number of ether oxygens (including phenoxy) is 2. The van der Waals surface area contributed by atoms with Gasteiger partial charge in [-0.05, 0) is 54.6 Å². The summed E-state index contributed by atoms with van der Waals surface area (Å²) in [4.78, 5) is 28.2. The fourth-order valence-corrected chi connectivity index (χ4v) is 4.48. The van der Waals surface area contributed by atoms with Crippen LogP contribution in [-0.2, 0) is 15.8 Å². The molecular weight excluding hydrogens is 517 g/mol. The van der Waals surface area contributed by atoms with E-state index in [-0.39, 0.29) is 16.3 Å². The molecule has 0 aliphatic carbocycles. The Bertz CT molecular complexity index is 1360. The van der Waals surface area contributed by atoms with Gasteiger partial charge in [-0.3, -0.25) is 9.59 Å². The maximum atomic E-state index is 13.5. The molecule has 0 unspecified atom stereocenters. The Kier molecular flexibility index (Phi) is 7.18. The molecule has 2 amide bonds. The highest BCUT2D eigenvalue weighted by molar-refractivity contribution is 8.04. The third-order valence-electron chi connectivity index (χ3n) is 5.17. The summed E-state index contributed by atoms with van der Waals surface area (Å²) < 4.78 is 50.5. The van der Waals surface area contributed by atoms with E-state index in [2.05, 4.69) is 5.32 Å². The van der Waals surface area contributed by atoms with E-state index in [1.165, 1.54) is 20.3 Å². The molecule has 6 nitrogen and oxygen atoms in total. The molecule has 1 aliphatic heterocycles. The molecule has 3 aromatic rings. The minimum Gasteiger partial charge on any atom is -0.497 e. The average Bonchev–Trinajstić information content (AvgIpc) is 3.09. The number of carbonyl (C=O) groups excluding carboxylic acids is 2.